The summed E-state index contributed by atoms with van der Waals surface area (Å²) >= 11 is 1.65. The molecule has 4 aromatic rings. The number of hydrogen-bond donors (Lipinski definition) is 1. The number of rotatable bonds is 6. The Bertz CT molecular complexity index is 1500. The number of amides is 1. The lowest BCUT2D eigenvalue weighted by molar-refractivity contribution is -0.116. The lowest BCUT2D eigenvalue weighted by Gasteiger charge is -2.26. The minimum absolute atomic E-state index is 0.0352. The van der Waals surface area contributed by atoms with E-state index in [1.165, 1.54) is 25.9 Å². The van der Waals surface area contributed by atoms with Gasteiger partial charge in [0.2, 0.25) is 15.9 Å². The lowest BCUT2D eigenvalue weighted by Crippen LogP contribution is -2.35. The molecule has 1 N–H and O–H groups in total. The minimum atomic E-state index is -3.69. The van der Waals surface area contributed by atoms with Crippen LogP contribution in [0.1, 0.15) is 16.9 Å². The maximum atomic E-state index is 13.2. The first kappa shape index (κ1) is 21.6. The van der Waals surface area contributed by atoms with Crippen molar-refractivity contribution >= 4 is 44.1 Å². The minimum Gasteiger partial charge on any atom is -0.408 e. The molecule has 0 spiro atoms. The highest BCUT2D eigenvalue weighted by molar-refractivity contribution is 7.89. The molecule has 8 nitrogen and oxygen atoms in total. The fourth-order valence-corrected chi connectivity index (χ4v) is 6.33. The van der Waals surface area contributed by atoms with Gasteiger partial charge in [-0.25, -0.2) is 13.2 Å². The SMILES string of the molecule is O=C(CCn1c(=O)oc2ccccc21)Nc1cccc(S(=O)(=O)N2CCc3sccc3C2)c1. The summed E-state index contributed by atoms with van der Waals surface area (Å²) in [5, 5.41) is 4.72. The Morgan fingerprint density at radius 3 is 2.85 bits per heavy atom. The second kappa shape index (κ2) is 8.62. The number of hydrogen-bond acceptors (Lipinski definition) is 6. The monoisotopic (exact) mass is 483 g/mol. The average molecular weight is 484 g/mol. The van der Waals surface area contributed by atoms with Gasteiger partial charge in [-0.05, 0) is 53.8 Å². The van der Waals surface area contributed by atoms with Crippen LogP contribution in [0.15, 0.2) is 74.1 Å². The van der Waals surface area contributed by atoms with E-state index in [1.54, 1.807) is 47.7 Å². The van der Waals surface area contributed by atoms with Gasteiger partial charge in [0.25, 0.3) is 0 Å². The number of carbonyl (C=O) groups excluding carboxylic acids is 1. The van der Waals surface area contributed by atoms with E-state index in [2.05, 4.69) is 5.32 Å². The van der Waals surface area contributed by atoms with Gasteiger partial charge in [0.05, 0.1) is 10.4 Å². The fraction of sp³-hybridized carbons (Fsp3) is 0.217. The first-order valence-corrected chi connectivity index (χ1v) is 12.8. The van der Waals surface area contributed by atoms with Gasteiger partial charge in [-0.15, -0.1) is 11.3 Å². The van der Waals surface area contributed by atoms with Crippen molar-refractivity contribution in [3.63, 3.8) is 0 Å². The van der Waals surface area contributed by atoms with Crippen LogP contribution >= 0.6 is 11.3 Å². The summed E-state index contributed by atoms with van der Waals surface area (Å²) in [4.78, 5) is 25.9. The summed E-state index contributed by atoms with van der Waals surface area (Å²) in [7, 11) is -3.69. The van der Waals surface area contributed by atoms with Gasteiger partial charge < -0.3 is 9.73 Å². The Balaban J connectivity index is 1.28. The molecular formula is C23H21N3O5S2. The topological polar surface area (TPSA) is 102 Å². The second-order valence-corrected chi connectivity index (χ2v) is 10.7. The zero-order valence-electron chi connectivity index (χ0n) is 17.6. The Morgan fingerprint density at radius 1 is 1.12 bits per heavy atom. The molecule has 170 valence electrons. The number of carbonyl (C=O) groups is 1. The summed E-state index contributed by atoms with van der Waals surface area (Å²) in [5.41, 5.74) is 2.52. The predicted molar refractivity (Wildman–Crippen MR) is 126 cm³/mol. The molecule has 1 aliphatic rings. The Kier molecular flexibility index (Phi) is 5.65. The van der Waals surface area contributed by atoms with Crippen LogP contribution in [-0.4, -0.2) is 29.7 Å². The highest BCUT2D eigenvalue weighted by atomic mass is 32.2. The van der Waals surface area contributed by atoms with E-state index in [0.29, 0.717) is 36.3 Å². The zero-order chi connectivity index (χ0) is 23.0. The molecule has 1 amide bonds. The molecule has 0 saturated heterocycles. The number of oxazole rings is 1. The molecule has 3 heterocycles. The molecule has 33 heavy (non-hydrogen) atoms. The lowest BCUT2D eigenvalue weighted by atomic mass is 10.1. The van der Waals surface area contributed by atoms with E-state index in [4.69, 9.17) is 4.42 Å². The van der Waals surface area contributed by atoms with E-state index < -0.39 is 15.8 Å². The largest absolute Gasteiger partial charge is 0.419 e. The van der Waals surface area contributed by atoms with Gasteiger partial charge in [0, 0.05) is 36.6 Å². The molecule has 0 saturated carbocycles. The Labute approximate surface area is 194 Å². The standard InChI is InChI=1S/C23H21N3O5S2/c27-22(9-12-26-19-6-1-2-7-20(19)31-23(26)28)24-17-4-3-5-18(14-17)33(29,30)25-11-8-21-16(15-25)10-13-32-21/h1-7,10,13-14H,8-9,11-12,15H2,(H,24,27). The number of aryl methyl sites for hydroxylation is 1. The highest BCUT2D eigenvalue weighted by Crippen LogP contribution is 2.29. The number of fused-ring (bicyclic) bond motifs is 2. The normalized spacial score (nSPS) is 14.3. The van der Waals surface area contributed by atoms with E-state index in [0.717, 1.165) is 5.56 Å². The molecule has 5 rings (SSSR count). The van der Waals surface area contributed by atoms with Crippen molar-refractivity contribution in [1.82, 2.24) is 8.87 Å². The number of nitrogens with one attached hydrogen (secondary N) is 1. The number of anilines is 1. The smallest absolute Gasteiger partial charge is 0.408 e. The van der Waals surface area contributed by atoms with E-state index in [9.17, 15) is 18.0 Å². The van der Waals surface area contributed by atoms with Crippen molar-refractivity contribution in [1.29, 1.82) is 0 Å². The molecule has 10 heteroatoms. The van der Waals surface area contributed by atoms with Gasteiger partial charge in [0.15, 0.2) is 5.58 Å². The van der Waals surface area contributed by atoms with Crippen molar-refractivity contribution in [3.05, 3.63) is 81.0 Å². The quantitative estimate of drug-likeness (QED) is 0.453. The van der Waals surface area contributed by atoms with Gasteiger partial charge in [-0.3, -0.25) is 9.36 Å². The number of nitrogens with zero attached hydrogens (tertiary/aromatic N) is 2. The van der Waals surface area contributed by atoms with E-state index >= 15 is 0 Å². The molecule has 0 bridgehead atoms. The summed E-state index contributed by atoms with van der Waals surface area (Å²) in [6.45, 7) is 0.932. The third-order valence-corrected chi connectivity index (χ3v) is 8.53. The number of benzene rings is 2. The molecule has 0 aliphatic carbocycles. The molecule has 0 atom stereocenters. The van der Waals surface area contributed by atoms with Crippen LogP contribution in [0.2, 0.25) is 0 Å². The maximum Gasteiger partial charge on any atom is 0.419 e. The molecule has 0 unspecified atom stereocenters. The first-order chi connectivity index (χ1) is 15.9. The maximum absolute atomic E-state index is 13.2. The van der Waals surface area contributed by atoms with Crippen LogP contribution in [0, 0.1) is 0 Å². The average Bonchev–Trinajstić information content (AvgIpc) is 3.40. The molecule has 1 aliphatic heterocycles. The third kappa shape index (κ3) is 4.24. The van der Waals surface area contributed by atoms with Gasteiger partial charge in [-0.2, -0.15) is 4.31 Å². The second-order valence-electron chi connectivity index (χ2n) is 7.77. The molecular weight excluding hydrogens is 462 g/mol. The number of sulfonamides is 1. The summed E-state index contributed by atoms with van der Waals surface area (Å²) in [5.74, 6) is -0.852. The van der Waals surface area contributed by atoms with Gasteiger partial charge in [-0.1, -0.05) is 18.2 Å². The first-order valence-electron chi connectivity index (χ1n) is 10.5. The van der Waals surface area contributed by atoms with Crippen LogP contribution < -0.4 is 11.1 Å². The molecule has 2 aromatic carbocycles. The van der Waals surface area contributed by atoms with E-state index in [1.807, 2.05) is 11.4 Å². The summed E-state index contributed by atoms with van der Waals surface area (Å²) in [6, 6.07) is 15.2. The molecule has 0 radical (unpaired) electrons. The van der Waals surface area contributed by atoms with Gasteiger partial charge >= 0.3 is 5.76 Å². The van der Waals surface area contributed by atoms with Crippen molar-refractivity contribution in [2.75, 3.05) is 11.9 Å². The van der Waals surface area contributed by atoms with Crippen LogP contribution in [0.3, 0.4) is 0 Å². The number of thiophene rings is 1. The number of para-hydroxylation sites is 2. The summed E-state index contributed by atoms with van der Waals surface area (Å²) in [6.07, 6.45) is 0.734. The molecule has 2 aromatic heterocycles. The van der Waals surface area contributed by atoms with Crippen molar-refractivity contribution in [2.45, 2.75) is 30.8 Å². The zero-order valence-corrected chi connectivity index (χ0v) is 19.2. The predicted octanol–water partition coefficient (Wildman–Crippen LogP) is 3.43. The van der Waals surface area contributed by atoms with Crippen LogP contribution in [0.25, 0.3) is 11.1 Å². The Morgan fingerprint density at radius 2 is 1.97 bits per heavy atom. The molecule has 0 fully saturated rings. The third-order valence-electron chi connectivity index (χ3n) is 5.66. The fourth-order valence-electron chi connectivity index (χ4n) is 3.97. The van der Waals surface area contributed by atoms with Crippen LogP contribution in [0.4, 0.5) is 5.69 Å². The van der Waals surface area contributed by atoms with Crippen molar-refractivity contribution in [2.24, 2.45) is 0 Å². The number of aromatic nitrogens is 1. The van der Waals surface area contributed by atoms with Gasteiger partial charge in [0.1, 0.15) is 0 Å². The van der Waals surface area contributed by atoms with E-state index in [-0.39, 0.29) is 23.8 Å². The summed E-state index contributed by atoms with van der Waals surface area (Å²) < 4.78 is 34.4. The van der Waals surface area contributed by atoms with Crippen LogP contribution in [0.5, 0.6) is 0 Å². The van der Waals surface area contributed by atoms with Crippen molar-refractivity contribution < 1.29 is 17.6 Å². The van der Waals surface area contributed by atoms with Crippen molar-refractivity contribution in [3.8, 4) is 0 Å². The van der Waals surface area contributed by atoms with Crippen LogP contribution in [-0.2, 0) is 34.3 Å². The Hall–Kier alpha value is -3.21. The highest BCUT2D eigenvalue weighted by Gasteiger charge is 2.29.